The quantitative estimate of drug-likeness (QED) is 0.631. The monoisotopic (exact) mass is 378 g/mol. The van der Waals surface area contributed by atoms with E-state index in [1.54, 1.807) is 24.3 Å². The van der Waals surface area contributed by atoms with Crippen LogP contribution in [0.15, 0.2) is 47.4 Å². The van der Waals surface area contributed by atoms with Crippen LogP contribution in [0.4, 0.5) is 5.95 Å². The minimum atomic E-state index is -3.71. The molecule has 25 heavy (non-hydrogen) atoms. The van der Waals surface area contributed by atoms with Crippen molar-refractivity contribution in [1.29, 1.82) is 0 Å². The van der Waals surface area contributed by atoms with Crippen LogP contribution in [-0.2, 0) is 21.2 Å². The molecule has 2 aromatic carbocycles. The summed E-state index contributed by atoms with van der Waals surface area (Å²) in [6.45, 7) is 0. The van der Waals surface area contributed by atoms with Gasteiger partial charge in [0.25, 0.3) is 0 Å². The van der Waals surface area contributed by atoms with E-state index in [-0.39, 0.29) is 17.2 Å². The van der Waals surface area contributed by atoms with E-state index in [2.05, 4.69) is 15.3 Å². The number of para-hydroxylation sites is 1. The van der Waals surface area contributed by atoms with E-state index in [1.165, 1.54) is 12.1 Å². The summed E-state index contributed by atoms with van der Waals surface area (Å²) in [5.41, 5.74) is 2.16. The molecule has 3 aromatic rings. The zero-order chi connectivity index (χ0) is 18.0. The summed E-state index contributed by atoms with van der Waals surface area (Å²) in [5.74, 6) is 0.114. The molecule has 0 bridgehead atoms. The van der Waals surface area contributed by atoms with Crippen molar-refractivity contribution in [1.82, 2.24) is 9.97 Å². The molecule has 130 valence electrons. The minimum Gasteiger partial charge on any atom is -0.324 e. The van der Waals surface area contributed by atoms with Crippen LogP contribution < -0.4 is 10.5 Å². The summed E-state index contributed by atoms with van der Waals surface area (Å²) >= 11 is 6.05. The maximum absolute atomic E-state index is 12.1. The first-order chi connectivity index (χ1) is 11.8. The summed E-state index contributed by atoms with van der Waals surface area (Å²) in [5, 5.41) is 8.23. The molecule has 0 aliphatic rings. The highest BCUT2D eigenvalue weighted by molar-refractivity contribution is 7.89. The molecule has 1 amide bonds. The van der Waals surface area contributed by atoms with Gasteiger partial charge in [0.2, 0.25) is 21.9 Å². The number of H-pyrrole nitrogens is 1. The van der Waals surface area contributed by atoms with Crippen LogP contribution in [0.3, 0.4) is 0 Å². The molecule has 7 nitrogen and oxygen atoms in total. The van der Waals surface area contributed by atoms with Crippen LogP contribution in [0.2, 0.25) is 5.02 Å². The van der Waals surface area contributed by atoms with Gasteiger partial charge in [-0.25, -0.2) is 18.5 Å². The van der Waals surface area contributed by atoms with Gasteiger partial charge >= 0.3 is 0 Å². The number of carbonyl (C=O) groups excluding carboxylic acids is 1. The fourth-order valence-electron chi connectivity index (χ4n) is 2.35. The normalized spacial score (nSPS) is 11.6. The summed E-state index contributed by atoms with van der Waals surface area (Å²) in [6, 6.07) is 11.4. The maximum Gasteiger partial charge on any atom is 0.238 e. The van der Waals surface area contributed by atoms with Gasteiger partial charge in [-0.1, -0.05) is 29.8 Å². The molecule has 1 heterocycles. The van der Waals surface area contributed by atoms with Crippen molar-refractivity contribution in [2.75, 3.05) is 5.32 Å². The van der Waals surface area contributed by atoms with Crippen molar-refractivity contribution in [3.63, 3.8) is 0 Å². The Morgan fingerprint density at radius 3 is 2.56 bits per heavy atom. The van der Waals surface area contributed by atoms with Crippen molar-refractivity contribution < 1.29 is 13.2 Å². The molecule has 4 N–H and O–H groups in total. The average Bonchev–Trinajstić information content (AvgIpc) is 2.96. The van der Waals surface area contributed by atoms with Crippen LogP contribution in [0.25, 0.3) is 11.0 Å². The third-order valence-corrected chi connectivity index (χ3v) is 4.85. The maximum atomic E-state index is 12.1. The highest BCUT2D eigenvalue weighted by Crippen LogP contribution is 2.22. The van der Waals surface area contributed by atoms with Gasteiger partial charge in [0.05, 0.1) is 15.4 Å². The SMILES string of the molecule is NS(=O)(=O)c1ccc(CCC(=O)Nc2nc3c(Cl)cccc3[nH]2)cc1. The molecule has 0 radical (unpaired) electrons. The second kappa shape index (κ2) is 6.83. The molecule has 0 aliphatic heterocycles. The van der Waals surface area contributed by atoms with Crippen molar-refractivity contribution >= 4 is 44.5 Å². The Morgan fingerprint density at radius 1 is 1.20 bits per heavy atom. The fourth-order valence-corrected chi connectivity index (χ4v) is 3.09. The number of halogens is 1. The standard InChI is InChI=1S/C16H15ClN4O3S/c17-12-2-1-3-13-15(12)21-16(19-13)20-14(22)9-6-10-4-7-11(8-5-10)25(18,23)24/h1-5,7-8H,6,9H2,(H2,18,23,24)(H2,19,20,21,22). The lowest BCUT2D eigenvalue weighted by atomic mass is 10.1. The summed E-state index contributed by atoms with van der Waals surface area (Å²) in [6.07, 6.45) is 0.678. The molecule has 3 rings (SSSR count). The average molecular weight is 379 g/mol. The number of nitrogens with zero attached hydrogens (tertiary/aromatic N) is 1. The van der Waals surface area contributed by atoms with Crippen LogP contribution in [0.1, 0.15) is 12.0 Å². The Labute approximate surface area is 149 Å². The second-order valence-electron chi connectivity index (χ2n) is 5.46. The van der Waals surface area contributed by atoms with E-state index in [9.17, 15) is 13.2 Å². The third kappa shape index (κ3) is 4.16. The van der Waals surface area contributed by atoms with Gasteiger partial charge < -0.3 is 4.98 Å². The molecule has 0 atom stereocenters. The second-order valence-corrected chi connectivity index (χ2v) is 7.43. The lowest BCUT2D eigenvalue weighted by Crippen LogP contribution is -2.14. The third-order valence-electron chi connectivity index (χ3n) is 3.61. The van der Waals surface area contributed by atoms with E-state index in [1.807, 2.05) is 6.07 Å². The number of aromatic nitrogens is 2. The summed E-state index contributed by atoms with van der Waals surface area (Å²) < 4.78 is 22.4. The number of primary sulfonamides is 1. The van der Waals surface area contributed by atoms with Gasteiger partial charge in [-0.15, -0.1) is 0 Å². The molecule has 9 heteroatoms. The van der Waals surface area contributed by atoms with Crippen LogP contribution in [-0.4, -0.2) is 24.3 Å². The number of nitrogens with one attached hydrogen (secondary N) is 2. The lowest BCUT2D eigenvalue weighted by Gasteiger charge is -2.04. The van der Waals surface area contributed by atoms with Gasteiger partial charge in [-0.2, -0.15) is 0 Å². The number of hydrogen-bond donors (Lipinski definition) is 3. The minimum absolute atomic E-state index is 0.0415. The Balaban J connectivity index is 1.61. The van der Waals surface area contributed by atoms with Crippen LogP contribution in [0.5, 0.6) is 0 Å². The van der Waals surface area contributed by atoms with Gasteiger partial charge in [-0.3, -0.25) is 10.1 Å². The zero-order valence-corrected chi connectivity index (χ0v) is 14.6. The Hall–Kier alpha value is -2.42. The Morgan fingerprint density at radius 2 is 1.92 bits per heavy atom. The molecule has 0 aliphatic carbocycles. The van der Waals surface area contributed by atoms with E-state index in [0.717, 1.165) is 11.1 Å². The predicted octanol–water partition coefficient (Wildman–Crippen LogP) is 2.44. The van der Waals surface area contributed by atoms with Gasteiger partial charge in [-0.05, 0) is 36.2 Å². The van der Waals surface area contributed by atoms with Crippen molar-refractivity contribution in [3.8, 4) is 0 Å². The molecule has 0 unspecified atom stereocenters. The zero-order valence-electron chi connectivity index (χ0n) is 13.0. The smallest absolute Gasteiger partial charge is 0.238 e. The largest absolute Gasteiger partial charge is 0.324 e. The van der Waals surface area contributed by atoms with E-state index < -0.39 is 10.0 Å². The number of fused-ring (bicyclic) bond motifs is 1. The molecule has 0 saturated heterocycles. The topological polar surface area (TPSA) is 118 Å². The van der Waals surface area contributed by atoms with Crippen LogP contribution in [0, 0.1) is 0 Å². The number of rotatable bonds is 5. The highest BCUT2D eigenvalue weighted by Gasteiger charge is 2.10. The van der Waals surface area contributed by atoms with Gasteiger partial charge in [0, 0.05) is 6.42 Å². The fraction of sp³-hybridized carbons (Fsp3) is 0.125. The number of sulfonamides is 1. The van der Waals surface area contributed by atoms with Gasteiger partial charge in [0.1, 0.15) is 5.52 Å². The first-order valence-electron chi connectivity index (χ1n) is 7.39. The molecular weight excluding hydrogens is 364 g/mol. The van der Waals surface area contributed by atoms with E-state index in [0.29, 0.717) is 22.9 Å². The highest BCUT2D eigenvalue weighted by atomic mass is 35.5. The number of imidazole rings is 1. The molecule has 1 aromatic heterocycles. The van der Waals surface area contributed by atoms with Crippen molar-refractivity contribution in [3.05, 3.63) is 53.1 Å². The summed E-state index contributed by atoms with van der Waals surface area (Å²) in [4.78, 5) is 19.3. The first-order valence-corrected chi connectivity index (χ1v) is 9.31. The number of benzene rings is 2. The Kier molecular flexibility index (Phi) is 4.76. The summed E-state index contributed by atoms with van der Waals surface area (Å²) in [7, 11) is -3.71. The Bertz CT molecular complexity index is 1030. The lowest BCUT2D eigenvalue weighted by molar-refractivity contribution is -0.116. The van der Waals surface area contributed by atoms with E-state index in [4.69, 9.17) is 16.7 Å². The number of anilines is 1. The molecule has 0 spiro atoms. The van der Waals surface area contributed by atoms with Crippen LogP contribution >= 0.6 is 11.6 Å². The number of aromatic amines is 1. The number of hydrogen-bond acceptors (Lipinski definition) is 4. The molecule has 0 fully saturated rings. The number of carbonyl (C=O) groups is 1. The van der Waals surface area contributed by atoms with Crippen molar-refractivity contribution in [2.45, 2.75) is 17.7 Å². The van der Waals surface area contributed by atoms with E-state index >= 15 is 0 Å². The number of aryl methyl sites for hydroxylation is 1. The molecule has 0 saturated carbocycles. The molecular formula is C16H15ClN4O3S. The predicted molar refractivity (Wildman–Crippen MR) is 95.9 cm³/mol. The number of nitrogens with two attached hydrogens (primary N) is 1. The van der Waals surface area contributed by atoms with Gasteiger partial charge in [0.15, 0.2) is 0 Å². The van der Waals surface area contributed by atoms with Crippen molar-refractivity contribution in [2.24, 2.45) is 5.14 Å². The first kappa shape index (κ1) is 17.4. The number of amides is 1.